The van der Waals surface area contributed by atoms with Gasteiger partial charge in [0.15, 0.2) is 0 Å². The number of carbonyl (C=O) groups is 1. The van der Waals surface area contributed by atoms with Gasteiger partial charge < -0.3 is 19.3 Å². The molecule has 0 unspecified atom stereocenters. The van der Waals surface area contributed by atoms with Crippen LogP contribution in [0, 0.1) is 0 Å². The molecule has 2 aromatic carbocycles. The highest BCUT2D eigenvalue weighted by molar-refractivity contribution is 6.62. The number of carbonyl (C=O) groups excluding carboxylic acids is 1. The standard InChI is InChI=1S/C24H28BNO4/c1-22(2)23(3,4)30-25(29-22)18-7-5-6-16(12-18)21(28)26-14-17-8-9-19(27)13-20(17)24(15-26)10-11-24/h5-9,12-13,27H,10-11,14-15H2,1-4H3. The molecule has 156 valence electrons. The molecule has 30 heavy (non-hydrogen) atoms. The van der Waals surface area contributed by atoms with Gasteiger partial charge in [0.1, 0.15) is 5.75 Å². The maximum atomic E-state index is 13.4. The zero-order chi connectivity index (χ0) is 21.3. The molecule has 1 saturated carbocycles. The minimum atomic E-state index is -0.484. The van der Waals surface area contributed by atoms with Crippen LogP contribution in [0.25, 0.3) is 0 Å². The molecule has 0 bridgehead atoms. The summed E-state index contributed by atoms with van der Waals surface area (Å²) in [4.78, 5) is 15.3. The van der Waals surface area contributed by atoms with Gasteiger partial charge in [-0.05, 0) is 81.4 Å². The third kappa shape index (κ3) is 3.05. The Morgan fingerprint density at radius 1 is 1.03 bits per heavy atom. The lowest BCUT2D eigenvalue weighted by Crippen LogP contribution is -2.42. The second-order valence-electron chi connectivity index (χ2n) is 10.00. The molecule has 6 heteroatoms. The first-order chi connectivity index (χ1) is 14.1. The normalized spacial score (nSPS) is 22.8. The molecule has 0 radical (unpaired) electrons. The second-order valence-corrected chi connectivity index (χ2v) is 10.00. The fourth-order valence-electron chi connectivity index (χ4n) is 4.61. The van der Waals surface area contributed by atoms with Crippen molar-refractivity contribution in [1.29, 1.82) is 0 Å². The summed E-state index contributed by atoms with van der Waals surface area (Å²) < 4.78 is 12.3. The van der Waals surface area contributed by atoms with Crippen molar-refractivity contribution in [3.63, 3.8) is 0 Å². The van der Waals surface area contributed by atoms with E-state index in [2.05, 4.69) is 0 Å². The summed E-state index contributed by atoms with van der Waals surface area (Å²) in [6.07, 6.45) is 2.11. The number of aromatic hydroxyl groups is 1. The predicted octanol–water partition coefficient (Wildman–Crippen LogP) is 3.38. The van der Waals surface area contributed by atoms with Gasteiger partial charge in [-0.3, -0.25) is 4.79 Å². The Morgan fingerprint density at radius 2 is 1.73 bits per heavy atom. The van der Waals surface area contributed by atoms with E-state index in [-0.39, 0.29) is 11.3 Å². The van der Waals surface area contributed by atoms with E-state index in [4.69, 9.17) is 9.31 Å². The molecule has 1 aliphatic carbocycles. The largest absolute Gasteiger partial charge is 0.508 e. The van der Waals surface area contributed by atoms with Crippen LogP contribution in [0.1, 0.15) is 62.0 Å². The maximum absolute atomic E-state index is 13.4. The highest BCUT2D eigenvalue weighted by Crippen LogP contribution is 2.53. The third-order valence-electron chi connectivity index (χ3n) is 7.32. The van der Waals surface area contributed by atoms with Crippen molar-refractivity contribution < 1.29 is 19.2 Å². The van der Waals surface area contributed by atoms with Gasteiger partial charge in [-0.2, -0.15) is 0 Å². The zero-order valence-electron chi connectivity index (χ0n) is 18.1. The van der Waals surface area contributed by atoms with Crippen LogP contribution in [-0.4, -0.2) is 40.8 Å². The Balaban J connectivity index is 1.40. The molecule has 1 amide bonds. The van der Waals surface area contributed by atoms with Gasteiger partial charge in [0.05, 0.1) is 11.2 Å². The minimum Gasteiger partial charge on any atom is -0.508 e. The van der Waals surface area contributed by atoms with Gasteiger partial charge in [-0.1, -0.05) is 18.2 Å². The first-order valence-electron chi connectivity index (χ1n) is 10.7. The van der Waals surface area contributed by atoms with E-state index in [1.165, 1.54) is 5.56 Å². The molecule has 5 rings (SSSR count). The van der Waals surface area contributed by atoms with E-state index in [9.17, 15) is 9.90 Å². The highest BCUT2D eigenvalue weighted by atomic mass is 16.7. The average Bonchev–Trinajstić information content (AvgIpc) is 3.42. The van der Waals surface area contributed by atoms with Crippen LogP contribution in [0.15, 0.2) is 42.5 Å². The molecule has 1 N–H and O–H groups in total. The lowest BCUT2D eigenvalue weighted by Gasteiger charge is -2.35. The van der Waals surface area contributed by atoms with Crippen LogP contribution < -0.4 is 5.46 Å². The van der Waals surface area contributed by atoms with Crippen LogP contribution in [0.3, 0.4) is 0 Å². The average molecular weight is 405 g/mol. The van der Waals surface area contributed by atoms with Gasteiger partial charge in [-0.15, -0.1) is 0 Å². The molecule has 2 aliphatic heterocycles. The smallest absolute Gasteiger partial charge is 0.494 e. The lowest BCUT2D eigenvalue weighted by molar-refractivity contribution is 0.00578. The number of amides is 1. The summed E-state index contributed by atoms with van der Waals surface area (Å²) in [5.41, 5.74) is 3.02. The van der Waals surface area contributed by atoms with E-state index >= 15 is 0 Å². The van der Waals surface area contributed by atoms with Gasteiger partial charge in [0.25, 0.3) is 5.91 Å². The first-order valence-corrected chi connectivity index (χ1v) is 10.7. The zero-order valence-corrected chi connectivity index (χ0v) is 18.1. The monoisotopic (exact) mass is 405 g/mol. The molecular weight excluding hydrogens is 377 g/mol. The summed E-state index contributed by atoms with van der Waals surface area (Å²) in [6.45, 7) is 9.38. The SMILES string of the molecule is CC1(C)OB(c2cccc(C(=O)N3Cc4ccc(O)cc4C4(CC4)C3)c2)OC1(C)C. The van der Waals surface area contributed by atoms with Gasteiger partial charge in [-0.25, -0.2) is 0 Å². The number of benzene rings is 2. The number of rotatable bonds is 2. The van der Waals surface area contributed by atoms with Crippen molar-refractivity contribution in [2.45, 2.75) is 63.7 Å². The fourth-order valence-corrected chi connectivity index (χ4v) is 4.61. The Labute approximate surface area is 178 Å². The topological polar surface area (TPSA) is 59.0 Å². The van der Waals surface area contributed by atoms with Gasteiger partial charge >= 0.3 is 7.12 Å². The molecule has 2 aromatic rings. The Hall–Kier alpha value is -2.31. The number of phenols is 1. The molecule has 2 fully saturated rings. The maximum Gasteiger partial charge on any atom is 0.494 e. The van der Waals surface area contributed by atoms with E-state index in [1.807, 2.05) is 69.0 Å². The first kappa shape index (κ1) is 19.6. The summed E-state index contributed by atoms with van der Waals surface area (Å²) in [5, 5.41) is 9.91. The van der Waals surface area contributed by atoms with Crippen molar-refractivity contribution in [3.05, 3.63) is 59.2 Å². The summed E-state index contributed by atoms with van der Waals surface area (Å²) in [6, 6.07) is 13.2. The molecule has 3 aliphatic rings. The molecule has 0 aromatic heterocycles. The van der Waals surface area contributed by atoms with Crippen LogP contribution >= 0.6 is 0 Å². The van der Waals surface area contributed by atoms with E-state index in [0.29, 0.717) is 24.4 Å². The third-order valence-corrected chi connectivity index (χ3v) is 7.32. The molecule has 0 atom stereocenters. The number of hydrogen-bond donors (Lipinski definition) is 1. The number of fused-ring (bicyclic) bond motifs is 2. The number of nitrogens with zero attached hydrogens (tertiary/aromatic N) is 1. The van der Waals surface area contributed by atoms with Crippen molar-refractivity contribution in [2.75, 3.05) is 6.54 Å². The minimum absolute atomic E-state index is 0.00527. The number of hydrogen-bond acceptors (Lipinski definition) is 4. The molecule has 2 heterocycles. The van der Waals surface area contributed by atoms with Crippen molar-refractivity contribution >= 4 is 18.5 Å². The van der Waals surface area contributed by atoms with Crippen LogP contribution in [0.4, 0.5) is 0 Å². The van der Waals surface area contributed by atoms with Gasteiger partial charge in [0, 0.05) is 24.1 Å². The van der Waals surface area contributed by atoms with Crippen LogP contribution in [-0.2, 0) is 21.3 Å². The Bertz CT molecular complexity index is 1010. The fraction of sp³-hybridized carbons (Fsp3) is 0.458. The van der Waals surface area contributed by atoms with Crippen molar-refractivity contribution in [3.8, 4) is 5.75 Å². The lowest BCUT2D eigenvalue weighted by atomic mass is 9.78. The Morgan fingerprint density at radius 3 is 2.40 bits per heavy atom. The number of phenolic OH excluding ortho intramolecular Hbond substituents is 1. The molecule has 5 nitrogen and oxygen atoms in total. The Kier molecular flexibility index (Phi) is 4.16. The summed E-state index contributed by atoms with van der Waals surface area (Å²) >= 11 is 0. The van der Waals surface area contributed by atoms with E-state index < -0.39 is 18.3 Å². The van der Waals surface area contributed by atoms with Gasteiger partial charge in [0.2, 0.25) is 0 Å². The van der Waals surface area contributed by atoms with Crippen molar-refractivity contribution in [1.82, 2.24) is 4.90 Å². The summed E-state index contributed by atoms with van der Waals surface area (Å²) in [7, 11) is -0.484. The quantitative estimate of drug-likeness (QED) is 0.779. The van der Waals surface area contributed by atoms with E-state index in [0.717, 1.165) is 23.9 Å². The molecule has 1 spiro atoms. The second kappa shape index (κ2) is 6.35. The van der Waals surface area contributed by atoms with Crippen LogP contribution in [0.2, 0.25) is 0 Å². The summed E-state index contributed by atoms with van der Waals surface area (Å²) in [5.74, 6) is 0.327. The van der Waals surface area contributed by atoms with E-state index in [1.54, 1.807) is 6.07 Å². The van der Waals surface area contributed by atoms with Crippen molar-refractivity contribution in [2.24, 2.45) is 0 Å². The predicted molar refractivity (Wildman–Crippen MR) is 116 cm³/mol. The molecule has 1 saturated heterocycles. The highest BCUT2D eigenvalue weighted by Gasteiger charge is 2.52. The van der Waals surface area contributed by atoms with Crippen LogP contribution in [0.5, 0.6) is 5.75 Å². The molecular formula is C24H28BNO4.